The number of nitrogens with one attached hydrogen (secondary N) is 2. The van der Waals surface area contributed by atoms with Crippen LogP contribution in [0.3, 0.4) is 0 Å². The maximum absolute atomic E-state index is 14.9. The zero-order valence-electron chi connectivity index (χ0n) is 19.5. The van der Waals surface area contributed by atoms with Gasteiger partial charge in [0.25, 0.3) is 0 Å². The van der Waals surface area contributed by atoms with Gasteiger partial charge in [-0.05, 0) is 30.5 Å². The van der Waals surface area contributed by atoms with Crippen molar-refractivity contribution in [1.29, 1.82) is 0 Å². The molecule has 1 aliphatic heterocycles. The minimum atomic E-state index is -1.95. The lowest BCUT2D eigenvalue weighted by Crippen LogP contribution is -2.17. The number of rotatable bonds is 7. The lowest BCUT2D eigenvalue weighted by atomic mass is 10.1. The van der Waals surface area contributed by atoms with Crippen LogP contribution in [0.25, 0.3) is 10.9 Å². The van der Waals surface area contributed by atoms with Crippen LogP contribution in [0.1, 0.15) is 6.42 Å². The van der Waals surface area contributed by atoms with Crippen molar-refractivity contribution < 1.29 is 31.4 Å². The van der Waals surface area contributed by atoms with E-state index in [1.807, 2.05) is 0 Å². The number of nitrogens with zero attached hydrogens (tertiary/aromatic N) is 2. The van der Waals surface area contributed by atoms with Gasteiger partial charge in [-0.15, -0.1) is 11.8 Å². The smallest absolute Gasteiger partial charge is 0.199 e. The van der Waals surface area contributed by atoms with Crippen molar-refractivity contribution in [3.8, 4) is 5.75 Å². The lowest BCUT2D eigenvalue weighted by molar-refractivity contribution is 0.142. The molecule has 198 valence electrons. The molecule has 13 heteroatoms. The Morgan fingerprint density at radius 2 is 1.79 bits per heavy atom. The van der Waals surface area contributed by atoms with Gasteiger partial charge < -0.3 is 20.1 Å². The average Bonchev–Trinajstić information content (AvgIpc) is 3.42. The standard InChI is InChI=1S/C25H18ClF5N4O2S/c1-38-24-22(31)20(29)19(28)21(30)23(24)35-17-7-13-16(8-18(17)37-12-4-5-36-9-12)32-10-33-25(13)34-11-2-3-15(27)14(26)6-11/h2-3,6-8,10,12,35H,4-5,9H2,1H3,(H,32,33,34)/t12-/m0/s1. The van der Waals surface area contributed by atoms with Crippen LogP contribution in [0.5, 0.6) is 5.75 Å². The molecule has 4 aromatic rings. The SMILES string of the molecule is CSc1c(F)c(F)c(F)c(F)c1Nc1cc2c(Nc3ccc(F)c(Cl)c3)ncnc2cc1O[C@H]1CCOC1. The Morgan fingerprint density at radius 1 is 1.00 bits per heavy atom. The van der Waals surface area contributed by atoms with Gasteiger partial charge in [-0.2, -0.15) is 0 Å². The quantitative estimate of drug-likeness (QED) is 0.104. The Bertz CT molecular complexity index is 1540. The predicted molar refractivity (Wildman–Crippen MR) is 135 cm³/mol. The molecule has 0 amide bonds. The van der Waals surface area contributed by atoms with Crippen LogP contribution in [0.2, 0.25) is 5.02 Å². The lowest BCUT2D eigenvalue weighted by Gasteiger charge is -2.20. The van der Waals surface area contributed by atoms with Crippen molar-refractivity contribution in [3.63, 3.8) is 0 Å². The summed E-state index contributed by atoms with van der Waals surface area (Å²) in [4.78, 5) is 8.04. The summed E-state index contributed by atoms with van der Waals surface area (Å²) in [6.07, 6.45) is 2.95. The van der Waals surface area contributed by atoms with Gasteiger partial charge in [0.15, 0.2) is 23.3 Å². The first kappa shape index (κ1) is 26.3. The first-order valence-corrected chi connectivity index (χ1v) is 12.8. The van der Waals surface area contributed by atoms with Gasteiger partial charge in [-0.3, -0.25) is 0 Å². The van der Waals surface area contributed by atoms with E-state index in [2.05, 4.69) is 20.6 Å². The van der Waals surface area contributed by atoms with Crippen molar-refractivity contribution in [2.45, 2.75) is 17.4 Å². The van der Waals surface area contributed by atoms with E-state index >= 15 is 0 Å². The van der Waals surface area contributed by atoms with Gasteiger partial charge in [0.05, 0.1) is 40.0 Å². The minimum Gasteiger partial charge on any atom is -0.486 e. The van der Waals surface area contributed by atoms with Crippen molar-refractivity contribution in [3.05, 3.63) is 70.8 Å². The maximum Gasteiger partial charge on any atom is 0.199 e. The molecule has 0 bridgehead atoms. The first-order chi connectivity index (χ1) is 18.3. The number of hydrogen-bond donors (Lipinski definition) is 2. The van der Waals surface area contributed by atoms with Gasteiger partial charge in [0.1, 0.15) is 29.8 Å². The van der Waals surface area contributed by atoms with Crippen LogP contribution in [-0.2, 0) is 4.74 Å². The van der Waals surface area contributed by atoms with Crippen molar-refractivity contribution in [2.24, 2.45) is 0 Å². The zero-order valence-corrected chi connectivity index (χ0v) is 21.1. The van der Waals surface area contributed by atoms with Crippen LogP contribution in [0.15, 0.2) is 41.6 Å². The fraction of sp³-hybridized carbons (Fsp3) is 0.200. The van der Waals surface area contributed by atoms with Crippen molar-refractivity contribution >= 4 is 57.1 Å². The van der Waals surface area contributed by atoms with E-state index in [0.29, 0.717) is 48.0 Å². The minimum absolute atomic E-state index is 0.106. The third kappa shape index (κ3) is 5.03. The first-order valence-electron chi connectivity index (χ1n) is 11.2. The summed E-state index contributed by atoms with van der Waals surface area (Å²) in [7, 11) is 0. The Kier molecular flexibility index (Phi) is 7.46. The highest BCUT2D eigenvalue weighted by atomic mass is 35.5. The van der Waals surface area contributed by atoms with E-state index in [1.54, 1.807) is 6.07 Å². The van der Waals surface area contributed by atoms with Crippen LogP contribution in [0, 0.1) is 29.1 Å². The zero-order chi connectivity index (χ0) is 27.0. The van der Waals surface area contributed by atoms with Crippen LogP contribution in [0.4, 0.5) is 44.8 Å². The molecular weight excluding hydrogens is 551 g/mol. The summed E-state index contributed by atoms with van der Waals surface area (Å²) in [5.41, 5.74) is 0.348. The fourth-order valence-corrected chi connectivity index (χ4v) is 4.72. The highest BCUT2D eigenvalue weighted by Crippen LogP contribution is 2.41. The highest BCUT2D eigenvalue weighted by molar-refractivity contribution is 7.98. The van der Waals surface area contributed by atoms with Gasteiger partial charge in [-0.25, -0.2) is 31.9 Å². The van der Waals surface area contributed by atoms with E-state index in [9.17, 15) is 22.0 Å². The topological polar surface area (TPSA) is 68.3 Å². The second kappa shape index (κ2) is 10.8. The fourth-order valence-electron chi connectivity index (χ4n) is 3.92. The van der Waals surface area contributed by atoms with E-state index in [1.165, 1.54) is 36.8 Å². The molecule has 5 rings (SSSR count). The summed E-state index contributed by atoms with van der Waals surface area (Å²) in [6, 6.07) is 7.05. The Labute approximate surface area is 222 Å². The molecule has 1 aliphatic rings. The molecule has 38 heavy (non-hydrogen) atoms. The molecule has 0 unspecified atom stereocenters. The largest absolute Gasteiger partial charge is 0.486 e. The number of anilines is 4. The van der Waals surface area contributed by atoms with Crippen molar-refractivity contribution in [2.75, 3.05) is 30.1 Å². The molecular formula is C25H18ClF5N4O2S. The molecule has 0 radical (unpaired) electrons. The van der Waals surface area contributed by atoms with Gasteiger partial charge in [0, 0.05) is 23.6 Å². The average molecular weight is 569 g/mol. The monoisotopic (exact) mass is 568 g/mol. The number of fused-ring (bicyclic) bond motifs is 1. The Hall–Kier alpha value is -3.35. The number of thioether (sulfide) groups is 1. The predicted octanol–water partition coefficient (Wildman–Crippen LogP) is 7.36. The number of ether oxygens (including phenoxy) is 2. The molecule has 1 aromatic heterocycles. The molecule has 0 aliphatic carbocycles. The Morgan fingerprint density at radius 3 is 2.50 bits per heavy atom. The molecule has 1 atom stereocenters. The molecule has 3 aromatic carbocycles. The third-order valence-electron chi connectivity index (χ3n) is 5.79. The second-order valence-electron chi connectivity index (χ2n) is 8.23. The van der Waals surface area contributed by atoms with E-state index in [4.69, 9.17) is 21.1 Å². The van der Waals surface area contributed by atoms with E-state index < -0.39 is 39.7 Å². The number of hydrogen-bond acceptors (Lipinski definition) is 7. The Balaban J connectivity index is 1.64. The number of aromatic nitrogens is 2. The number of halogens is 6. The molecule has 0 spiro atoms. The summed E-state index contributed by atoms with van der Waals surface area (Å²) >= 11 is 6.59. The second-order valence-corrected chi connectivity index (χ2v) is 9.46. The highest BCUT2D eigenvalue weighted by Gasteiger charge is 2.27. The van der Waals surface area contributed by atoms with Crippen molar-refractivity contribution in [1.82, 2.24) is 9.97 Å². The molecule has 1 saturated heterocycles. The van der Waals surface area contributed by atoms with Crippen LogP contribution >= 0.6 is 23.4 Å². The third-order valence-corrected chi connectivity index (χ3v) is 6.87. The van der Waals surface area contributed by atoms with Crippen LogP contribution in [-0.4, -0.2) is 35.5 Å². The maximum atomic E-state index is 14.9. The summed E-state index contributed by atoms with van der Waals surface area (Å²) in [5, 5.41) is 6.00. The van der Waals surface area contributed by atoms with E-state index in [0.717, 1.165) is 0 Å². The van der Waals surface area contributed by atoms with E-state index in [-0.39, 0.29) is 28.4 Å². The molecule has 0 saturated carbocycles. The molecule has 2 N–H and O–H groups in total. The number of benzene rings is 3. The van der Waals surface area contributed by atoms with Gasteiger partial charge in [-0.1, -0.05) is 11.6 Å². The summed E-state index contributed by atoms with van der Waals surface area (Å²) < 4.78 is 82.5. The van der Waals surface area contributed by atoms with Crippen LogP contribution < -0.4 is 15.4 Å². The van der Waals surface area contributed by atoms with Gasteiger partial charge >= 0.3 is 0 Å². The molecule has 1 fully saturated rings. The van der Waals surface area contributed by atoms with Gasteiger partial charge in [0.2, 0.25) is 0 Å². The summed E-state index contributed by atoms with van der Waals surface area (Å²) in [6.45, 7) is 0.792. The normalized spacial score (nSPS) is 15.2. The summed E-state index contributed by atoms with van der Waals surface area (Å²) in [5.74, 6) is -7.10. The molecule has 2 heterocycles. The molecule has 6 nitrogen and oxygen atoms in total.